The number of H-pyrrole nitrogens is 2. The minimum Gasteiger partial charge on any atom is -0.480 e. The Bertz CT molecular complexity index is 573. The molecule has 8 heteroatoms. The molecule has 0 spiro atoms. The van der Waals surface area contributed by atoms with Gasteiger partial charge in [-0.15, -0.1) is 6.58 Å². The molecule has 0 aliphatic rings. The highest BCUT2D eigenvalue weighted by molar-refractivity contribution is 5.82. The van der Waals surface area contributed by atoms with Gasteiger partial charge in [-0.2, -0.15) is 0 Å². The lowest BCUT2D eigenvalue weighted by molar-refractivity contribution is -0.143. The predicted octanol–water partition coefficient (Wildman–Crippen LogP) is -1.30. The third kappa shape index (κ3) is 4.62. The van der Waals surface area contributed by atoms with Gasteiger partial charge in [-0.25, -0.2) is 4.79 Å². The number of carboxylic acids is 1. The van der Waals surface area contributed by atoms with Gasteiger partial charge < -0.3 is 15.0 Å². The second-order valence-corrected chi connectivity index (χ2v) is 3.75. The zero-order valence-electron chi connectivity index (χ0n) is 10.0. The van der Waals surface area contributed by atoms with Gasteiger partial charge in [0.15, 0.2) is 0 Å². The molecule has 1 aromatic rings. The van der Waals surface area contributed by atoms with Gasteiger partial charge in [0, 0.05) is 18.3 Å². The van der Waals surface area contributed by atoms with E-state index in [1.165, 1.54) is 6.08 Å². The molecule has 102 valence electrons. The molecular weight excluding hydrogens is 254 g/mol. The summed E-state index contributed by atoms with van der Waals surface area (Å²) in [6.07, 6.45) is 1.13. The lowest BCUT2D eigenvalue weighted by Gasteiger charge is -2.18. The van der Waals surface area contributed by atoms with E-state index in [2.05, 4.69) is 11.6 Å². The fraction of sp³-hybridized carbons (Fsp3) is 0.273. The number of amides is 1. The summed E-state index contributed by atoms with van der Waals surface area (Å²) in [6.45, 7) is 3.02. The van der Waals surface area contributed by atoms with Gasteiger partial charge in [0.2, 0.25) is 5.91 Å². The molecule has 0 aliphatic carbocycles. The third-order valence-electron chi connectivity index (χ3n) is 2.19. The molecule has 1 amide bonds. The highest BCUT2D eigenvalue weighted by atomic mass is 16.4. The van der Waals surface area contributed by atoms with Crippen molar-refractivity contribution in [2.45, 2.75) is 6.42 Å². The highest BCUT2D eigenvalue weighted by Gasteiger charge is 2.16. The van der Waals surface area contributed by atoms with E-state index in [0.29, 0.717) is 0 Å². The maximum absolute atomic E-state index is 11.8. The number of carbonyl (C=O) groups is 2. The van der Waals surface area contributed by atoms with Crippen LogP contribution in [0.1, 0.15) is 5.69 Å². The van der Waals surface area contributed by atoms with Gasteiger partial charge in [0.25, 0.3) is 5.56 Å². The van der Waals surface area contributed by atoms with Crippen molar-refractivity contribution < 1.29 is 14.7 Å². The fourth-order valence-corrected chi connectivity index (χ4v) is 1.46. The number of nitrogens with one attached hydrogen (secondary N) is 2. The Kier molecular flexibility index (Phi) is 4.81. The Morgan fingerprint density at radius 3 is 2.58 bits per heavy atom. The molecule has 1 rings (SSSR count). The van der Waals surface area contributed by atoms with Crippen molar-refractivity contribution in [3.63, 3.8) is 0 Å². The van der Waals surface area contributed by atoms with E-state index in [1.54, 1.807) is 0 Å². The Morgan fingerprint density at radius 1 is 1.37 bits per heavy atom. The van der Waals surface area contributed by atoms with E-state index in [4.69, 9.17) is 5.11 Å². The Hall–Kier alpha value is -2.64. The second kappa shape index (κ2) is 6.34. The average Bonchev–Trinajstić information content (AvgIpc) is 2.26. The quantitative estimate of drug-likeness (QED) is 0.553. The van der Waals surface area contributed by atoms with Crippen LogP contribution in [0.2, 0.25) is 0 Å². The van der Waals surface area contributed by atoms with Gasteiger partial charge >= 0.3 is 11.7 Å². The first-order valence-corrected chi connectivity index (χ1v) is 5.35. The minimum atomic E-state index is -1.16. The summed E-state index contributed by atoms with van der Waals surface area (Å²) in [6, 6.07) is 1.08. The van der Waals surface area contributed by atoms with Gasteiger partial charge in [0.1, 0.15) is 6.54 Å². The van der Waals surface area contributed by atoms with Crippen molar-refractivity contribution >= 4 is 11.9 Å². The van der Waals surface area contributed by atoms with Crippen molar-refractivity contribution in [1.82, 2.24) is 14.9 Å². The maximum Gasteiger partial charge on any atom is 0.325 e. The number of hydrogen-bond acceptors (Lipinski definition) is 4. The molecule has 0 aliphatic heterocycles. The summed E-state index contributed by atoms with van der Waals surface area (Å²) in [7, 11) is 0. The van der Waals surface area contributed by atoms with Crippen LogP contribution in [0.25, 0.3) is 0 Å². The maximum atomic E-state index is 11.8. The van der Waals surface area contributed by atoms with Crippen LogP contribution in [-0.4, -0.2) is 44.9 Å². The molecule has 3 N–H and O–H groups in total. The number of aromatic nitrogens is 2. The van der Waals surface area contributed by atoms with Crippen LogP contribution in [0, 0.1) is 0 Å². The smallest absolute Gasteiger partial charge is 0.325 e. The zero-order valence-corrected chi connectivity index (χ0v) is 10.0. The fourth-order valence-electron chi connectivity index (χ4n) is 1.46. The number of aromatic amines is 2. The highest BCUT2D eigenvalue weighted by Crippen LogP contribution is 1.97. The van der Waals surface area contributed by atoms with Crippen LogP contribution in [0.4, 0.5) is 0 Å². The van der Waals surface area contributed by atoms with Crippen molar-refractivity contribution in [3.8, 4) is 0 Å². The monoisotopic (exact) mass is 267 g/mol. The summed E-state index contributed by atoms with van der Waals surface area (Å²) in [5.41, 5.74) is -1.22. The molecule has 19 heavy (non-hydrogen) atoms. The number of carbonyl (C=O) groups excluding carboxylic acids is 1. The largest absolute Gasteiger partial charge is 0.480 e. The number of nitrogens with zero attached hydrogens (tertiary/aromatic N) is 1. The van der Waals surface area contributed by atoms with E-state index in [9.17, 15) is 19.2 Å². The van der Waals surface area contributed by atoms with Crippen molar-refractivity contribution in [1.29, 1.82) is 0 Å². The van der Waals surface area contributed by atoms with Crippen LogP contribution in [0.5, 0.6) is 0 Å². The van der Waals surface area contributed by atoms with E-state index >= 15 is 0 Å². The van der Waals surface area contributed by atoms with Crippen LogP contribution >= 0.6 is 0 Å². The molecule has 0 atom stereocenters. The molecule has 0 aromatic carbocycles. The number of aliphatic carboxylic acids is 1. The first-order chi connectivity index (χ1) is 8.92. The first kappa shape index (κ1) is 14.4. The Balaban J connectivity index is 2.86. The van der Waals surface area contributed by atoms with Crippen LogP contribution in [0.3, 0.4) is 0 Å². The molecule has 0 bridgehead atoms. The summed E-state index contributed by atoms with van der Waals surface area (Å²) < 4.78 is 0. The van der Waals surface area contributed by atoms with Crippen LogP contribution in [0.15, 0.2) is 28.3 Å². The molecule has 0 saturated carbocycles. The van der Waals surface area contributed by atoms with Gasteiger partial charge in [-0.3, -0.25) is 19.4 Å². The average molecular weight is 267 g/mol. The molecule has 0 saturated heterocycles. The summed E-state index contributed by atoms with van der Waals surface area (Å²) in [5, 5.41) is 8.67. The molecular formula is C11H13N3O5. The van der Waals surface area contributed by atoms with E-state index in [0.717, 1.165) is 11.0 Å². The molecule has 0 fully saturated rings. The van der Waals surface area contributed by atoms with Gasteiger partial charge in [-0.1, -0.05) is 6.08 Å². The summed E-state index contributed by atoms with van der Waals surface area (Å²) >= 11 is 0. The van der Waals surface area contributed by atoms with E-state index < -0.39 is 29.7 Å². The zero-order chi connectivity index (χ0) is 14.4. The lowest BCUT2D eigenvalue weighted by atomic mass is 10.2. The Labute approximate surface area is 107 Å². The lowest BCUT2D eigenvalue weighted by Crippen LogP contribution is -2.37. The first-order valence-electron chi connectivity index (χ1n) is 5.35. The van der Waals surface area contributed by atoms with Crippen LogP contribution < -0.4 is 11.2 Å². The second-order valence-electron chi connectivity index (χ2n) is 3.75. The summed E-state index contributed by atoms with van der Waals surface area (Å²) in [5.74, 6) is -1.68. The van der Waals surface area contributed by atoms with Crippen molar-refractivity contribution in [3.05, 3.63) is 45.3 Å². The molecule has 0 unspecified atom stereocenters. The number of carboxylic acid groups (broad SMARTS) is 1. The van der Waals surface area contributed by atoms with Gasteiger partial charge in [0.05, 0.1) is 6.42 Å². The van der Waals surface area contributed by atoms with Crippen molar-refractivity contribution in [2.24, 2.45) is 0 Å². The molecule has 1 heterocycles. The van der Waals surface area contributed by atoms with Crippen molar-refractivity contribution in [2.75, 3.05) is 13.1 Å². The number of rotatable bonds is 6. The Morgan fingerprint density at radius 2 is 2.05 bits per heavy atom. The van der Waals surface area contributed by atoms with E-state index in [-0.39, 0.29) is 18.7 Å². The predicted molar refractivity (Wildman–Crippen MR) is 65.8 cm³/mol. The minimum absolute atomic E-state index is 0.0680. The van der Waals surface area contributed by atoms with Gasteiger partial charge in [-0.05, 0) is 0 Å². The number of hydrogen-bond donors (Lipinski definition) is 3. The van der Waals surface area contributed by atoms with Crippen LogP contribution in [-0.2, 0) is 16.0 Å². The molecule has 8 nitrogen and oxygen atoms in total. The molecule has 0 radical (unpaired) electrons. The summed E-state index contributed by atoms with van der Waals surface area (Å²) in [4.78, 5) is 49.8. The SMILES string of the molecule is C=CCN(CC(=O)O)C(=O)Cc1cc(=O)[nH]c(=O)[nH]1. The van der Waals surface area contributed by atoms with E-state index in [1.807, 2.05) is 4.98 Å². The topological polar surface area (TPSA) is 123 Å². The molecule has 1 aromatic heterocycles. The third-order valence-corrected chi connectivity index (χ3v) is 2.19. The standard InChI is InChI=1S/C11H13N3O5/c1-2-3-14(6-10(17)18)9(16)5-7-4-8(15)13-11(19)12-7/h2,4H,1,3,5-6H2,(H,17,18)(H2,12,13,15,19). The normalized spacial score (nSPS) is 9.89.